The fourth-order valence-corrected chi connectivity index (χ4v) is 9.98. The topological polar surface area (TPSA) is 111 Å². The lowest BCUT2D eigenvalue weighted by molar-refractivity contribution is -0.870. The molecular formula is C68H124NO8P. The van der Waals surface area contributed by atoms with Crippen molar-refractivity contribution in [3.63, 3.8) is 0 Å². The van der Waals surface area contributed by atoms with Crippen molar-refractivity contribution in [3.8, 4) is 0 Å². The molecule has 0 N–H and O–H groups in total. The lowest BCUT2D eigenvalue weighted by Crippen LogP contribution is -2.37. The fraction of sp³-hybridized carbons (Fsp3) is 0.794. The molecule has 0 amide bonds. The molecule has 0 spiro atoms. The van der Waals surface area contributed by atoms with Gasteiger partial charge in [-0.05, 0) is 64.2 Å². The molecule has 0 rings (SSSR count). The quantitative estimate of drug-likeness (QED) is 0.0195. The molecule has 10 heteroatoms. The summed E-state index contributed by atoms with van der Waals surface area (Å²) < 4.78 is 34.2. The molecule has 0 radical (unpaired) electrons. The molecular weight excluding hydrogens is 990 g/mol. The van der Waals surface area contributed by atoms with Crippen molar-refractivity contribution in [1.82, 2.24) is 0 Å². The summed E-state index contributed by atoms with van der Waals surface area (Å²) in [5, 5.41) is 0. The Morgan fingerprint density at radius 3 is 1.09 bits per heavy atom. The minimum atomic E-state index is -4.63. The molecule has 0 aromatic rings. The van der Waals surface area contributed by atoms with Gasteiger partial charge in [-0.1, -0.05) is 292 Å². The molecule has 454 valence electrons. The molecule has 9 nitrogen and oxygen atoms in total. The van der Waals surface area contributed by atoms with Gasteiger partial charge in [0.15, 0.2) is 6.10 Å². The molecule has 0 bridgehead atoms. The van der Waals surface area contributed by atoms with Gasteiger partial charge in [-0.15, -0.1) is 0 Å². The van der Waals surface area contributed by atoms with E-state index in [0.717, 1.165) is 77.0 Å². The Bertz CT molecular complexity index is 1550. The van der Waals surface area contributed by atoms with Crippen LogP contribution in [0.3, 0.4) is 0 Å². The first-order valence-electron chi connectivity index (χ1n) is 32.6. The van der Waals surface area contributed by atoms with Crippen LogP contribution in [0.4, 0.5) is 0 Å². The standard InChI is InChI=1S/C68H124NO8P/c1-6-8-10-12-14-16-18-20-22-23-24-25-26-27-28-29-30-31-32-33-34-35-36-37-38-39-40-41-42-43-44-45-47-49-51-53-55-57-59-61-68(71)77-66(65-76-78(72,73)75-63-62-69(3,4)5)64-74-67(70)60-58-56-54-52-50-48-46-21-19-17-15-13-11-9-7-2/h8,10,14,16,20,22,24-25,27-28,30-31,66H,6-7,9,11-13,15,17-19,21,23,26,29,32-65H2,1-5H3/b10-8-,16-14-,22-20-,25-24-,28-27-,31-30-. The van der Waals surface area contributed by atoms with Crippen molar-refractivity contribution in [2.75, 3.05) is 47.5 Å². The minimum absolute atomic E-state index is 0.0292. The van der Waals surface area contributed by atoms with Gasteiger partial charge in [0.25, 0.3) is 7.82 Å². The molecule has 0 heterocycles. The van der Waals surface area contributed by atoms with Gasteiger partial charge in [-0.2, -0.15) is 0 Å². The van der Waals surface area contributed by atoms with Crippen LogP contribution in [0, 0.1) is 0 Å². The van der Waals surface area contributed by atoms with E-state index >= 15 is 0 Å². The zero-order valence-corrected chi connectivity index (χ0v) is 52.5. The SMILES string of the molecule is CC/C=C\C/C=C\C/C=C\C/C=C\C/C=C\C/C=C\CCCCCCCCCCCCCCCCCCCCCCC(=O)OC(COC(=O)CCCCCCCCCCCCCCCCC)COP(=O)([O-])OCC[N+](C)(C)C. The highest BCUT2D eigenvalue weighted by molar-refractivity contribution is 7.45. The number of esters is 2. The third-order valence-corrected chi connectivity index (χ3v) is 15.2. The second kappa shape index (κ2) is 59.1. The van der Waals surface area contributed by atoms with Gasteiger partial charge in [-0.25, -0.2) is 0 Å². The lowest BCUT2D eigenvalue weighted by Gasteiger charge is -2.28. The summed E-state index contributed by atoms with van der Waals surface area (Å²) in [4.78, 5) is 37.9. The lowest BCUT2D eigenvalue weighted by atomic mass is 10.0. The molecule has 0 saturated carbocycles. The van der Waals surface area contributed by atoms with Crippen molar-refractivity contribution >= 4 is 19.8 Å². The number of carbonyl (C=O) groups is 2. The first kappa shape index (κ1) is 75.5. The highest BCUT2D eigenvalue weighted by Gasteiger charge is 2.22. The average molecular weight is 1110 g/mol. The summed E-state index contributed by atoms with van der Waals surface area (Å²) in [7, 11) is 1.18. The van der Waals surface area contributed by atoms with E-state index in [-0.39, 0.29) is 32.0 Å². The molecule has 78 heavy (non-hydrogen) atoms. The number of hydrogen-bond acceptors (Lipinski definition) is 8. The maximum absolute atomic E-state index is 12.8. The number of phosphoric ester groups is 1. The predicted molar refractivity (Wildman–Crippen MR) is 333 cm³/mol. The van der Waals surface area contributed by atoms with E-state index in [4.69, 9.17) is 18.5 Å². The molecule has 0 aliphatic rings. The Balaban J connectivity index is 3.94. The van der Waals surface area contributed by atoms with E-state index in [1.54, 1.807) is 0 Å². The largest absolute Gasteiger partial charge is 0.756 e. The van der Waals surface area contributed by atoms with Crippen LogP contribution in [-0.4, -0.2) is 70.0 Å². The summed E-state index contributed by atoms with van der Waals surface area (Å²) in [5.41, 5.74) is 0. The van der Waals surface area contributed by atoms with Gasteiger partial charge in [-0.3, -0.25) is 14.2 Å². The number of nitrogens with zero attached hydrogens (tertiary/aromatic N) is 1. The zero-order valence-electron chi connectivity index (χ0n) is 51.6. The number of ether oxygens (including phenoxy) is 2. The number of unbranched alkanes of at least 4 members (excludes halogenated alkanes) is 34. The van der Waals surface area contributed by atoms with Crippen LogP contribution < -0.4 is 4.89 Å². The third kappa shape index (κ3) is 62.6. The van der Waals surface area contributed by atoms with Crippen LogP contribution in [0.1, 0.15) is 296 Å². The molecule has 0 saturated heterocycles. The Morgan fingerprint density at radius 1 is 0.410 bits per heavy atom. The van der Waals surface area contributed by atoms with Crippen molar-refractivity contribution < 1.29 is 42.1 Å². The number of quaternary nitrogens is 1. The van der Waals surface area contributed by atoms with Crippen molar-refractivity contribution in [2.45, 2.75) is 302 Å². The predicted octanol–water partition coefficient (Wildman–Crippen LogP) is 20.2. The second-order valence-corrected chi connectivity index (χ2v) is 24.5. The monoisotopic (exact) mass is 1110 g/mol. The highest BCUT2D eigenvalue weighted by Crippen LogP contribution is 2.38. The van der Waals surface area contributed by atoms with Gasteiger partial charge in [0.2, 0.25) is 0 Å². The molecule has 0 aliphatic carbocycles. The van der Waals surface area contributed by atoms with E-state index in [1.807, 2.05) is 21.1 Å². The summed E-state index contributed by atoms with van der Waals surface area (Å²) in [6, 6.07) is 0. The Morgan fingerprint density at radius 2 is 0.731 bits per heavy atom. The highest BCUT2D eigenvalue weighted by atomic mass is 31.2. The Kier molecular flexibility index (Phi) is 57.2. The summed E-state index contributed by atoms with van der Waals surface area (Å²) in [6.07, 6.45) is 78.4. The van der Waals surface area contributed by atoms with E-state index < -0.39 is 26.5 Å². The van der Waals surface area contributed by atoms with Gasteiger partial charge < -0.3 is 27.9 Å². The molecule has 2 atom stereocenters. The number of likely N-dealkylation sites (N-methyl/N-ethyl adjacent to an activating group) is 1. The van der Waals surface area contributed by atoms with Crippen LogP contribution in [0.2, 0.25) is 0 Å². The van der Waals surface area contributed by atoms with Crippen LogP contribution in [0.5, 0.6) is 0 Å². The molecule has 0 aliphatic heterocycles. The number of allylic oxidation sites excluding steroid dienone is 12. The number of carbonyl (C=O) groups excluding carboxylic acids is 2. The Hall–Kier alpha value is -2.55. The fourth-order valence-electron chi connectivity index (χ4n) is 9.25. The van der Waals surface area contributed by atoms with E-state index in [1.165, 1.54) is 186 Å². The smallest absolute Gasteiger partial charge is 0.306 e. The maximum Gasteiger partial charge on any atom is 0.306 e. The van der Waals surface area contributed by atoms with Crippen LogP contribution in [0.15, 0.2) is 72.9 Å². The maximum atomic E-state index is 12.8. The van der Waals surface area contributed by atoms with E-state index in [9.17, 15) is 19.0 Å². The van der Waals surface area contributed by atoms with Gasteiger partial charge in [0.05, 0.1) is 27.7 Å². The Labute approximate surface area is 482 Å². The molecule has 0 aromatic carbocycles. The third-order valence-electron chi connectivity index (χ3n) is 14.2. The number of hydrogen-bond donors (Lipinski definition) is 0. The van der Waals surface area contributed by atoms with E-state index in [2.05, 4.69) is 86.8 Å². The first-order chi connectivity index (χ1) is 38.0. The summed E-state index contributed by atoms with van der Waals surface area (Å²) >= 11 is 0. The van der Waals surface area contributed by atoms with Gasteiger partial charge in [0.1, 0.15) is 19.8 Å². The van der Waals surface area contributed by atoms with Crippen LogP contribution >= 0.6 is 7.82 Å². The number of rotatable bonds is 60. The average Bonchev–Trinajstić information content (AvgIpc) is 3.41. The van der Waals surface area contributed by atoms with Gasteiger partial charge >= 0.3 is 11.9 Å². The second-order valence-electron chi connectivity index (χ2n) is 23.1. The normalized spacial score (nSPS) is 13.7. The summed E-state index contributed by atoms with van der Waals surface area (Å²) in [6.45, 7) is 4.16. The van der Waals surface area contributed by atoms with Crippen LogP contribution in [-0.2, 0) is 32.7 Å². The van der Waals surface area contributed by atoms with Crippen molar-refractivity contribution in [1.29, 1.82) is 0 Å². The van der Waals surface area contributed by atoms with Crippen LogP contribution in [0.25, 0.3) is 0 Å². The zero-order chi connectivity index (χ0) is 57.0. The molecule has 0 fully saturated rings. The summed E-state index contributed by atoms with van der Waals surface area (Å²) in [5.74, 6) is -0.819. The molecule has 2 unspecified atom stereocenters. The number of phosphoric acid groups is 1. The van der Waals surface area contributed by atoms with E-state index in [0.29, 0.717) is 17.4 Å². The molecule has 0 aromatic heterocycles. The first-order valence-corrected chi connectivity index (χ1v) is 34.1. The van der Waals surface area contributed by atoms with Gasteiger partial charge in [0, 0.05) is 12.8 Å². The van der Waals surface area contributed by atoms with Crippen molar-refractivity contribution in [3.05, 3.63) is 72.9 Å². The van der Waals surface area contributed by atoms with Crippen molar-refractivity contribution in [2.24, 2.45) is 0 Å². The minimum Gasteiger partial charge on any atom is -0.756 e.